The van der Waals surface area contributed by atoms with E-state index in [0.29, 0.717) is 5.82 Å². The third-order valence-corrected chi connectivity index (χ3v) is 5.25. The first-order valence-electron chi connectivity index (χ1n) is 8.81. The number of hydrogen-bond acceptors (Lipinski definition) is 8. The summed E-state index contributed by atoms with van der Waals surface area (Å²) in [5, 5.41) is 0. The Morgan fingerprint density at radius 3 is 2.63 bits per heavy atom. The highest BCUT2D eigenvalue weighted by Crippen LogP contribution is 2.31. The van der Waals surface area contributed by atoms with Crippen LogP contribution in [0.1, 0.15) is 0 Å². The minimum Gasteiger partial charge on any atom is -0.383 e. The first-order chi connectivity index (χ1) is 13.1. The van der Waals surface area contributed by atoms with Gasteiger partial charge in [-0.1, -0.05) is 6.07 Å². The standard InChI is InChI=1S/C19H22N6OS/c1-24(2)27-17-10-14(11-22-19(17)20)13-3-4-15-16(9-13)23-18(12-21-15)25-5-7-26-8-6-25/h3-4,9-12H,5-8H2,1-2H3,(H2,20,22). The Labute approximate surface area is 162 Å². The summed E-state index contributed by atoms with van der Waals surface area (Å²) in [6.45, 7) is 3.13. The van der Waals surface area contributed by atoms with Gasteiger partial charge < -0.3 is 15.4 Å². The monoisotopic (exact) mass is 382 g/mol. The van der Waals surface area contributed by atoms with Gasteiger partial charge in [-0.15, -0.1) is 0 Å². The molecule has 0 aliphatic carbocycles. The van der Waals surface area contributed by atoms with Gasteiger partial charge in [-0.05, 0) is 49.8 Å². The number of nitrogens with zero attached hydrogens (tertiary/aromatic N) is 5. The van der Waals surface area contributed by atoms with E-state index in [0.717, 1.165) is 59.2 Å². The SMILES string of the molecule is CN(C)Sc1cc(-c2ccc3ncc(N4CCOCC4)nc3c2)cnc1N. The number of morpholine rings is 1. The molecule has 1 fully saturated rings. The molecule has 8 heteroatoms. The molecule has 0 atom stereocenters. The maximum atomic E-state index is 6.01. The molecule has 3 aromatic rings. The number of hydrogen-bond donors (Lipinski definition) is 1. The molecule has 0 amide bonds. The Balaban J connectivity index is 1.70. The van der Waals surface area contributed by atoms with Crippen molar-refractivity contribution in [3.8, 4) is 11.1 Å². The third kappa shape index (κ3) is 3.97. The van der Waals surface area contributed by atoms with Crippen LogP contribution in [0.15, 0.2) is 41.6 Å². The Bertz CT molecular complexity index is 958. The zero-order valence-electron chi connectivity index (χ0n) is 15.4. The largest absolute Gasteiger partial charge is 0.383 e. The Morgan fingerprint density at radius 2 is 1.85 bits per heavy atom. The number of aromatic nitrogens is 3. The van der Waals surface area contributed by atoms with Crippen LogP contribution in [-0.2, 0) is 4.74 Å². The molecule has 3 heterocycles. The summed E-state index contributed by atoms with van der Waals surface area (Å²) in [7, 11) is 3.96. The van der Waals surface area contributed by atoms with Gasteiger partial charge in [0.1, 0.15) is 11.6 Å². The molecule has 27 heavy (non-hydrogen) atoms. The van der Waals surface area contributed by atoms with Crippen molar-refractivity contribution in [2.24, 2.45) is 0 Å². The highest BCUT2D eigenvalue weighted by molar-refractivity contribution is 7.97. The van der Waals surface area contributed by atoms with E-state index in [-0.39, 0.29) is 0 Å². The van der Waals surface area contributed by atoms with Gasteiger partial charge in [0.2, 0.25) is 0 Å². The lowest BCUT2D eigenvalue weighted by atomic mass is 10.1. The molecule has 140 valence electrons. The molecule has 0 spiro atoms. The maximum absolute atomic E-state index is 6.01. The first kappa shape index (κ1) is 18.0. The predicted molar refractivity (Wildman–Crippen MR) is 110 cm³/mol. The molecule has 2 aromatic heterocycles. The van der Waals surface area contributed by atoms with Crippen LogP contribution in [0.5, 0.6) is 0 Å². The molecule has 0 bridgehead atoms. The van der Waals surface area contributed by atoms with E-state index < -0.39 is 0 Å². The average Bonchev–Trinajstić information content (AvgIpc) is 2.69. The molecule has 0 saturated carbocycles. The Morgan fingerprint density at radius 1 is 1.04 bits per heavy atom. The molecule has 1 aliphatic heterocycles. The second-order valence-electron chi connectivity index (χ2n) is 6.54. The van der Waals surface area contributed by atoms with E-state index in [1.165, 1.54) is 0 Å². The number of benzene rings is 1. The van der Waals surface area contributed by atoms with Crippen molar-refractivity contribution in [1.29, 1.82) is 0 Å². The summed E-state index contributed by atoms with van der Waals surface area (Å²) in [6.07, 6.45) is 3.64. The van der Waals surface area contributed by atoms with Crippen LogP contribution in [0.3, 0.4) is 0 Å². The van der Waals surface area contributed by atoms with Crippen LogP contribution in [0.4, 0.5) is 11.6 Å². The van der Waals surface area contributed by atoms with Gasteiger partial charge in [-0.25, -0.2) is 9.97 Å². The van der Waals surface area contributed by atoms with Crippen LogP contribution < -0.4 is 10.6 Å². The lowest BCUT2D eigenvalue weighted by Crippen LogP contribution is -2.36. The fourth-order valence-corrected chi connectivity index (χ4v) is 3.73. The van der Waals surface area contributed by atoms with Gasteiger partial charge in [-0.2, -0.15) is 0 Å². The van der Waals surface area contributed by atoms with Crippen molar-refractivity contribution in [3.05, 3.63) is 36.7 Å². The summed E-state index contributed by atoms with van der Waals surface area (Å²) < 4.78 is 7.42. The van der Waals surface area contributed by atoms with E-state index in [1.807, 2.05) is 36.7 Å². The van der Waals surface area contributed by atoms with E-state index in [2.05, 4.69) is 27.0 Å². The summed E-state index contributed by atoms with van der Waals surface area (Å²) in [4.78, 5) is 16.9. The molecule has 0 radical (unpaired) electrons. The van der Waals surface area contributed by atoms with Gasteiger partial charge in [0, 0.05) is 24.8 Å². The number of nitrogen functional groups attached to an aromatic ring is 1. The Hall–Kier alpha value is -2.42. The van der Waals surface area contributed by atoms with Crippen LogP contribution in [-0.4, -0.2) is 59.7 Å². The fraction of sp³-hybridized carbons (Fsp3) is 0.316. The molecule has 1 saturated heterocycles. The number of rotatable bonds is 4. The number of fused-ring (bicyclic) bond motifs is 1. The summed E-state index contributed by atoms with van der Waals surface area (Å²) in [5.74, 6) is 1.43. The lowest BCUT2D eigenvalue weighted by molar-refractivity contribution is 0.122. The molecule has 0 unspecified atom stereocenters. The number of anilines is 2. The maximum Gasteiger partial charge on any atom is 0.148 e. The molecule has 2 N–H and O–H groups in total. The number of pyridine rings is 1. The second-order valence-corrected chi connectivity index (χ2v) is 7.89. The van der Waals surface area contributed by atoms with Crippen LogP contribution in [0.25, 0.3) is 22.2 Å². The van der Waals surface area contributed by atoms with Gasteiger partial charge >= 0.3 is 0 Å². The minimum absolute atomic E-state index is 0.535. The smallest absolute Gasteiger partial charge is 0.148 e. The molecule has 4 rings (SSSR count). The van der Waals surface area contributed by atoms with E-state index >= 15 is 0 Å². The fourth-order valence-electron chi connectivity index (χ4n) is 3.01. The molecular weight excluding hydrogens is 360 g/mol. The zero-order valence-corrected chi connectivity index (χ0v) is 16.2. The van der Waals surface area contributed by atoms with Gasteiger partial charge in [0.25, 0.3) is 0 Å². The molecule has 1 aromatic carbocycles. The predicted octanol–water partition coefficient (Wildman–Crippen LogP) is 2.68. The number of nitrogens with two attached hydrogens (primary N) is 1. The van der Waals surface area contributed by atoms with Crippen LogP contribution in [0, 0.1) is 0 Å². The van der Waals surface area contributed by atoms with E-state index in [1.54, 1.807) is 18.1 Å². The van der Waals surface area contributed by atoms with Crippen molar-refractivity contribution in [2.45, 2.75) is 4.90 Å². The van der Waals surface area contributed by atoms with Crippen molar-refractivity contribution < 1.29 is 4.74 Å². The highest BCUT2D eigenvalue weighted by Gasteiger charge is 2.14. The van der Waals surface area contributed by atoms with Crippen LogP contribution in [0.2, 0.25) is 0 Å². The second kappa shape index (κ2) is 7.67. The van der Waals surface area contributed by atoms with E-state index in [4.69, 9.17) is 15.5 Å². The van der Waals surface area contributed by atoms with Crippen molar-refractivity contribution in [2.75, 3.05) is 51.0 Å². The van der Waals surface area contributed by atoms with Crippen molar-refractivity contribution >= 4 is 34.6 Å². The van der Waals surface area contributed by atoms with Gasteiger partial charge in [0.15, 0.2) is 0 Å². The quantitative estimate of drug-likeness (QED) is 0.690. The summed E-state index contributed by atoms with van der Waals surface area (Å²) in [6, 6.07) is 8.16. The van der Waals surface area contributed by atoms with Crippen LogP contribution >= 0.6 is 11.9 Å². The minimum atomic E-state index is 0.535. The van der Waals surface area contributed by atoms with Crippen molar-refractivity contribution in [1.82, 2.24) is 19.3 Å². The highest BCUT2D eigenvalue weighted by atomic mass is 32.2. The first-order valence-corrected chi connectivity index (χ1v) is 9.58. The van der Waals surface area contributed by atoms with Gasteiger partial charge in [-0.3, -0.25) is 9.29 Å². The topological polar surface area (TPSA) is 80.4 Å². The zero-order chi connectivity index (χ0) is 18.8. The summed E-state index contributed by atoms with van der Waals surface area (Å²) >= 11 is 1.56. The Kier molecular flexibility index (Phi) is 5.11. The lowest BCUT2D eigenvalue weighted by Gasteiger charge is -2.27. The van der Waals surface area contributed by atoms with Gasteiger partial charge in [0.05, 0.1) is 35.3 Å². The molecule has 7 nitrogen and oxygen atoms in total. The third-order valence-electron chi connectivity index (χ3n) is 4.36. The number of ether oxygens (including phenoxy) is 1. The molecular formula is C19H22N6OS. The van der Waals surface area contributed by atoms with Crippen molar-refractivity contribution in [3.63, 3.8) is 0 Å². The summed E-state index contributed by atoms with van der Waals surface area (Å²) in [5.41, 5.74) is 9.81. The normalized spacial score (nSPS) is 14.9. The molecule has 1 aliphatic rings. The average molecular weight is 382 g/mol. The van der Waals surface area contributed by atoms with E-state index in [9.17, 15) is 0 Å².